The van der Waals surface area contributed by atoms with Crippen LogP contribution in [0.4, 0.5) is 5.69 Å². The lowest BCUT2D eigenvalue weighted by Crippen LogP contribution is -2.49. The van der Waals surface area contributed by atoms with Gasteiger partial charge in [0.05, 0.1) is 0 Å². The molecule has 2 rings (SSSR count). The van der Waals surface area contributed by atoms with Gasteiger partial charge in [0.25, 0.3) is 0 Å². The SMILES string of the molecule is Cc1c(Cl)cccc1NCCC1CNCCN1C. The molecule has 0 aliphatic carbocycles. The molecule has 0 aromatic heterocycles. The maximum absolute atomic E-state index is 6.11. The summed E-state index contributed by atoms with van der Waals surface area (Å²) in [6.45, 7) is 6.37. The molecule has 100 valence electrons. The molecule has 1 aliphatic rings. The molecule has 1 fully saturated rings. The topological polar surface area (TPSA) is 27.3 Å². The highest BCUT2D eigenvalue weighted by molar-refractivity contribution is 6.31. The third kappa shape index (κ3) is 3.37. The Morgan fingerprint density at radius 1 is 1.50 bits per heavy atom. The highest BCUT2D eigenvalue weighted by atomic mass is 35.5. The number of rotatable bonds is 4. The first-order chi connectivity index (χ1) is 8.68. The zero-order valence-electron chi connectivity index (χ0n) is 11.2. The summed E-state index contributed by atoms with van der Waals surface area (Å²) in [5.74, 6) is 0. The van der Waals surface area contributed by atoms with Crippen LogP contribution in [0.25, 0.3) is 0 Å². The summed E-state index contributed by atoms with van der Waals surface area (Å²) in [5, 5.41) is 7.76. The van der Waals surface area contributed by atoms with E-state index in [-0.39, 0.29) is 0 Å². The molecule has 0 spiro atoms. The Hall–Kier alpha value is -0.770. The van der Waals surface area contributed by atoms with Crippen molar-refractivity contribution in [1.29, 1.82) is 0 Å². The van der Waals surface area contributed by atoms with Crippen LogP contribution in [0, 0.1) is 6.92 Å². The highest BCUT2D eigenvalue weighted by Gasteiger charge is 2.17. The molecule has 0 amide bonds. The number of likely N-dealkylation sites (N-methyl/N-ethyl adjacent to an activating group) is 1. The zero-order chi connectivity index (χ0) is 13.0. The van der Waals surface area contributed by atoms with Crippen LogP contribution >= 0.6 is 11.6 Å². The number of hydrogen-bond acceptors (Lipinski definition) is 3. The lowest BCUT2D eigenvalue weighted by molar-refractivity contribution is 0.194. The Balaban J connectivity index is 1.83. The van der Waals surface area contributed by atoms with E-state index in [1.165, 1.54) is 0 Å². The second-order valence-electron chi connectivity index (χ2n) is 4.97. The minimum absolute atomic E-state index is 0.630. The highest BCUT2D eigenvalue weighted by Crippen LogP contribution is 2.22. The van der Waals surface area contributed by atoms with Crippen molar-refractivity contribution in [3.05, 3.63) is 28.8 Å². The molecule has 4 heteroatoms. The molecule has 18 heavy (non-hydrogen) atoms. The zero-order valence-corrected chi connectivity index (χ0v) is 11.9. The first-order valence-electron chi connectivity index (χ1n) is 6.58. The van der Waals surface area contributed by atoms with E-state index >= 15 is 0 Å². The monoisotopic (exact) mass is 267 g/mol. The van der Waals surface area contributed by atoms with Crippen LogP contribution in [0.2, 0.25) is 5.02 Å². The van der Waals surface area contributed by atoms with E-state index in [0.29, 0.717) is 6.04 Å². The van der Waals surface area contributed by atoms with Gasteiger partial charge >= 0.3 is 0 Å². The van der Waals surface area contributed by atoms with E-state index in [2.05, 4.69) is 35.6 Å². The summed E-state index contributed by atoms with van der Waals surface area (Å²) in [6.07, 6.45) is 1.15. The lowest BCUT2D eigenvalue weighted by Gasteiger charge is -2.33. The molecule has 1 aromatic rings. The Morgan fingerprint density at radius 2 is 2.33 bits per heavy atom. The third-order valence-corrected chi connectivity index (χ3v) is 4.11. The molecular weight excluding hydrogens is 246 g/mol. The predicted molar refractivity (Wildman–Crippen MR) is 78.6 cm³/mol. The minimum Gasteiger partial charge on any atom is -0.385 e. The smallest absolute Gasteiger partial charge is 0.0455 e. The first kappa shape index (κ1) is 13.7. The van der Waals surface area contributed by atoms with Crippen LogP contribution in [0.15, 0.2) is 18.2 Å². The fourth-order valence-electron chi connectivity index (χ4n) is 2.36. The molecule has 0 saturated carbocycles. The fraction of sp³-hybridized carbons (Fsp3) is 0.571. The van der Waals surface area contributed by atoms with Crippen LogP contribution in [-0.2, 0) is 0 Å². The summed E-state index contributed by atoms with van der Waals surface area (Å²) in [7, 11) is 2.20. The van der Waals surface area contributed by atoms with Crippen molar-refractivity contribution in [2.45, 2.75) is 19.4 Å². The summed E-state index contributed by atoms with van der Waals surface area (Å²) in [4.78, 5) is 2.43. The van der Waals surface area contributed by atoms with Gasteiger partial charge in [-0.15, -0.1) is 0 Å². The van der Waals surface area contributed by atoms with Gasteiger partial charge in [0.2, 0.25) is 0 Å². The van der Waals surface area contributed by atoms with Gasteiger partial charge in [-0.25, -0.2) is 0 Å². The first-order valence-corrected chi connectivity index (χ1v) is 6.96. The molecule has 0 bridgehead atoms. The summed E-state index contributed by atoms with van der Waals surface area (Å²) >= 11 is 6.11. The van der Waals surface area contributed by atoms with E-state index in [9.17, 15) is 0 Å². The van der Waals surface area contributed by atoms with Gasteiger partial charge in [0.15, 0.2) is 0 Å². The maximum atomic E-state index is 6.11. The van der Waals surface area contributed by atoms with Gasteiger partial charge in [0, 0.05) is 42.9 Å². The van der Waals surface area contributed by atoms with Crippen molar-refractivity contribution < 1.29 is 0 Å². The maximum Gasteiger partial charge on any atom is 0.0455 e. The summed E-state index contributed by atoms with van der Waals surface area (Å²) < 4.78 is 0. The average molecular weight is 268 g/mol. The van der Waals surface area contributed by atoms with Crippen molar-refractivity contribution in [2.75, 3.05) is 38.5 Å². The van der Waals surface area contributed by atoms with Gasteiger partial charge in [-0.1, -0.05) is 17.7 Å². The van der Waals surface area contributed by atoms with E-state index in [4.69, 9.17) is 11.6 Å². The molecule has 1 unspecified atom stereocenters. The Morgan fingerprint density at radius 3 is 3.11 bits per heavy atom. The van der Waals surface area contributed by atoms with Crippen LogP contribution in [0.1, 0.15) is 12.0 Å². The number of hydrogen-bond donors (Lipinski definition) is 2. The number of benzene rings is 1. The van der Waals surface area contributed by atoms with Crippen LogP contribution in [-0.4, -0.2) is 44.2 Å². The lowest BCUT2D eigenvalue weighted by atomic mass is 10.1. The molecule has 1 atom stereocenters. The summed E-state index contributed by atoms with van der Waals surface area (Å²) in [6, 6.07) is 6.64. The Bertz CT molecular complexity index is 395. The van der Waals surface area contributed by atoms with Crippen molar-refractivity contribution in [3.63, 3.8) is 0 Å². The number of nitrogens with one attached hydrogen (secondary N) is 2. The van der Waals surface area contributed by atoms with E-state index < -0.39 is 0 Å². The number of piperazine rings is 1. The Kier molecular flexibility index (Phi) is 4.87. The van der Waals surface area contributed by atoms with Crippen molar-refractivity contribution in [1.82, 2.24) is 10.2 Å². The normalized spacial score (nSPS) is 20.9. The Labute approximate surface area is 115 Å². The van der Waals surface area contributed by atoms with Crippen LogP contribution < -0.4 is 10.6 Å². The number of halogens is 1. The van der Waals surface area contributed by atoms with E-state index in [1.54, 1.807) is 0 Å². The van der Waals surface area contributed by atoms with Gasteiger partial charge < -0.3 is 15.5 Å². The van der Waals surface area contributed by atoms with Crippen molar-refractivity contribution in [3.8, 4) is 0 Å². The van der Waals surface area contributed by atoms with Crippen molar-refractivity contribution >= 4 is 17.3 Å². The van der Waals surface area contributed by atoms with E-state index in [1.807, 2.05) is 12.1 Å². The third-order valence-electron chi connectivity index (χ3n) is 3.71. The summed E-state index contributed by atoms with van der Waals surface area (Å²) in [5.41, 5.74) is 2.28. The van der Waals surface area contributed by atoms with Gasteiger partial charge in [0.1, 0.15) is 0 Å². The van der Waals surface area contributed by atoms with Gasteiger partial charge in [-0.3, -0.25) is 0 Å². The molecule has 1 aliphatic heterocycles. The molecule has 3 nitrogen and oxygen atoms in total. The van der Waals surface area contributed by atoms with E-state index in [0.717, 1.165) is 48.9 Å². The molecule has 1 aromatic carbocycles. The predicted octanol–water partition coefficient (Wildman–Crippen LogP) is 2.35. The largest absolute Gasteiger partial charge is 0.385 e. The molecule has 0 radical (unpaired) electrons. The molecular formula is C14H22ClN3. The minimum atomic E-state index is 0.630. The molecule has 2 N–H and O–H groups in total. The van der Waals surface area contributed by atoms with Crippen LogP contribution in [0.5, 0.6) is 0 Å². The van der Waals surface area contributed by atoms with Gasteiger partial charge in [-0.05, 0) is 38.1 Å². The molecule has 1 heterocycles. The molecule has 1 saturated heterocycles. The number of anilines is 1. The average Bonchev–Trinajstić information content (AvgIpc) is 2.37. The van der Waals surface area contributed by atoms with Crippen molar-refractivity contribution in [2.24, 2.45) is 0 Å². The standard InChI is InChI=1S/C14H22ClN3/c1-11-13(15)4-3-5-14(11)17-7-6-12-10-16-8-9-18(12)2/h3-5,12,16-17H,6-10H2,1-2H3. The quantitative estimate of drug-likeness (QED) is 0.877. The van der Waals surface area contributed by atoms with Crippen LogP contribution in [0.3, 0.4) is 0 Å². The second-order valence-corrected chi connectivity index (χ2v) is 5.37. The fourth-order valence-corrected chi connectivity index (χ4v) is 2.53. The number of nitrogens with zero attached hydrogens (tertiary/aromatic N) is 1. The second kappa shape index (κ2) is 6.41. The van der Waals surface area contributed by atoms with Gasteiger partial charge in [-0.2, -0.15) is 0 Å².